The number of halogens is 2. The zero-order valence-electron chi connectivity index (χ0n) is 19.0. The molecule has 178 valence electrons. The van der Waals surface area contributed by atoms with Crippen molar-refractivity contribution in [1.29, 1.82) is 5.41 Å². The van der Waals surface area contributed by atoms with E-state index in [0.717, 1.165) is 5.56 Å². The number of anilines is 1. The first-order valence-corrected chi connectivity index (χ1v) is 10.6. The Bertz CT molecular complexity index is 1400. The van der Waals surface area contributed by atoms with Crippen molar-refractivity contribution in [2.45, 2.75) is 26.8 Å². The van der Waals surface area contributed by atoms with Crippen molar-refractivity contribution in [2.24, 2.45) is 10.9 Å². The molecule has 0 bridgehead atoms. The fraction of sp³-hybridized carbons (Fsp3) is 0.217. The minimum absolute atomic E-state index is 0.0397. The number of rotatable bonds is 7. The average molecular weight is 487 g/mol. The Morgan fingerprint density at radius 2 is 2.09 bits per heavy atom. The minimum Gasteiger partial charge on any atom is -0.455 e. The van der Waals surface area contributed by atoms with Crippen LogP contribution >= 0.6 is 11.6 Å². The molecule has 0 saturated heterocycles. The van der Waals surface area contributed by atoms with Crippen molar-refractivity contribution in [2.75, 3.05) is 12.4 Å². The molecule has 2 aromatic heterocycles. The molecule has 0 fully saturated rings. The quantitative estimate of drug-likeness (QED) is 0.110. The van der Waals surface area contributed by atoms with Gasteiger partial charge >= 0.3 is 0 Å². The van der Waals surface area contributed by atoms with Crippen LogP contribution in [0.25, 0.3) is 16.5 Å². The molecule has 2 heterocycles. The molecule has 6 N–H and O–H groups in total. The van der Waals surface area contributed by atoms with Gasteiger partial charge in [0.15, 0.2) is 11.3 Å². The number of hydrogen-bond donors (Lipinski definition) is 5. The molecule has 0 aliphatic rings. The van der Waals surface area contributed by atoms with E-state index in [2.05, 4.69) is 20.8 Å². The summed E-state index contributed by atoms with van der Waals surface area (Å²) in [6.07, 6.45) is 1.26. The lowest BCUT2D eigenvalue weighted by Gasteiger charge is -2.20. The molecule has 0 radical (unpaired) electrons. The van der Waals surface area contributed by atoms with Crippen LogP contribution in [0.2, 0.25) is 5.15 Å². The molecule has 3 aromatic rings. The molecule has 0 spiro atoms. The number of aromatic nitrogens is 1. The number of benzene rings is 1. The topological polar surface area (TPSA) is 150 Å². The summed E-state index contributed by atoms with van der Waals surface area (Å²) in [5.74, 6) is -1.52. The summed E-state index contributed by atoms with van der Waals surface area (Å²) >= 11 is 5.96. The van der Waals surface area contributed by atoms with Crippen LogP contribution in [-0.2, 0) is 0 Å². The first-order chi connectivity index (χ1) is 16.1. The second-order valence-corrected chi connectivity index (χ2v) is 8.05. The zero-order chi connectivity index (χ0) is 25.2. The minimum atomic E-state index is -1.24. The summed E-state index contributed by atoms with van der Waals surface area (Å²) in [7, 11) is 1.55. The molecule has 11 heteroatoms. The van der Waals surface area contributed by atoms with Gasteiger partial charge in [0.2, 0.25) is 5.97 Å². The summed E-state index contributed by atoms with van der Waals surface area (Å²) in [6, 6.07) is 6.23. The van der Waals surface area contributed by atoms with Gasteiger partial charge < -0.3 is 26.0 Å². The van der Waals surface area contributed by atoms with E-state index in [1.807, 2.05) is 19.9 Å². The van der Waals surface area contributed by atoms with Gasteiger partial charge in [-0.15, -0.1) is 0 Å². The normalized spacial score (nSPS) is 13.1. The lowest BCUT2D eigenvalue weighted by Crippen LogP contribution is -2.19. The largest absolute Gasteiger partial charge is 0.455 e. The Kier molecular flexibility index (Phi) is 7.21. The van der Waals surface area contributed by atoms with Crippen molar-refractivity contribution in [3.05, 3.63) is 74.0 Å². The number of pyridine rings is 1. The SMILES string of the molecule is CN/C=C(\C(=N)F)c1oc2c(C(C)Nc3ccc(Cl)nc3/C(N)=N/O)cc(C)cc2c(=O)c1C. The van der Waals surface area contributed by atoms with Crippen LogP contribution in [-0.4, -0.2) is 29.0 Å². The third-order valence-electron chi connectivity index (χ3n) is 5.21. The number of oxime groups is 1. The van der Waals surface area contributed by atoms with Gasteiger partial charge in [-0.25, -0.2) is 4.98 Å². The van der Waals surface area contributed by atoms with Gasteiger partial charge in [0.1, 0.15) is 22.2 Å². The van der Waals surface area contributed by atoms with E-state index in [1.165, 1.54) is 13.1 Å². The lowest BCUT2D eigenvalue weighted by molar-refractivity contribution is 0.318. The number of hydrogen-bond acceptors (Lipinski definition) is 8. The van der Waals surface area contributed by atoms with Gasteiger partial charge in [-0.2, -0.15) is 4.39 Å². The predicted octanol–water partition coefficient (Wildman–Crippen LogP) is 4.23. The van der Waals surface area contributed by atoms with Crippen LogP contribution in [0.1, 0.15) is 41.1 Å². The summed E-state index contributed by atoms with van der Waals surface area (Å²) in [5, 5.41) is 25.9. The van der Waals surface area contributed by atoms with Crippen LogP contribution in [0.15, 0.2) is 44.8 Å². The van der Waals surface area contributed by atoms with E-state index in [-0.39, 0.29) is 44.6 Å². The molecule has 9 nitrogen and oxygen atoms in total. The molecule has 1 unspecified atom stereocenters. The van der Waals surface area contributed by atoms with E-state index in [9.17, 15) is 9.18 Å². The highest BCUT2D eigenvalue weighted by Gasteiger charge is 2.22. The lowest BCUT2D eigenvalue weighted by atomic mass is 9.99. The van der Waals surface area contributed by atoms with E-state index in [0.29, 0.717) is 16.6 Å². The standard InChI is InChI=1S/C23H24ClFN6O3/c1-10-7-13(12(3)29-16-5-6-17(24)30-18(16)23(27)31-33)21-14(8-10)19(32)11(2)20(34-21)15(9-28-4)22(25)26/h5-9,12,26,28-29,33H,1-4H3,(H2,27,31)/b15-9-,26-22?. The molecule has 0 aliphatic carbocycles. The van der Waals surface area contributed by atoms with E-state index >= 15 is 0 Å². The van der Waals surface area contributed by atoms with Crippen molar-refractivity contribution in [1.82, 2.24) is 10.3 Å². The van der Waals surface area contributed by atoms with Crippen LogP contribution in [0.5, 0.6) is 0 Å². The zero-order valence-corrected chi connectivity index (χ0v) is 19.7. The average Bonchev–Trinajstić information content (AvgIpc) is 2.80. The van der Waals surface area contributed by atoms with Gasteiger partial charge in [-0.3, -0.25) is 10.2 Å². The fourth-order valence-electron chi connectivity index (χ4n) is 3.62. The van der Waals surface area contributed by atoms with Gasteiger partial charge in [0, 0.05) is 24.4 Å². The molecule has 34 heavy (non-hydrogen) atoms. The molecular weight excluding hydrogens is 463 g/mol. The van der Waals surface area contributed by atoms with Crippen molar-refractivity contribution >= 4 is 45.6 Å². The van der Waals surface area contributed by atoms with E-state index in [1.54, 1.807) is 25.2 Å². The molecular formula is C23H24ClFN6O3. The Balaban J connectivity index is 2.23. The van der Waals surface area contributed by atoms with E-state index in [4.69, 9.17) is 32.4 Å². The summed E-state index contributed by atoms with van der Waals surface area (Å²) in [6.45, 7) is 5.19. The molecule has 0 saturated carbocycles. The summed E-state index contributed by atoms with van der Waals surface area (Å²) in [5.41, 5.74) is 7.65. The smallest absolute Gasteiger partial charge is 0.218 e. The highest BCUT2D eigenvalue weighted by atomic mass is 35.5. The Hall–Kier alpha value is -3.92. The number of nitrogens with two attached hydrogens (primary N) is 1. The number of allylic oxidation sites excluding steroid dienone is 1. The molecule has 0 aliphatic heterocycles. The Labute approximate surface area is 199 Å². The van der Waals surface area contributed by atoms with Gasteiger partial charge in [0.25, 0.3) is 0 Å². The molecule has 1 atom stereocenters. The molecule has 3 rings (SSSR count). The number of nitrogens with one attached hydrogen (secondary N) is 3. The summed E-state index contributed by atoms with van der Waals surface area (Å²) < 4.78 is 20.0. The predicted molar refractivity (Wildman–Crippen MR) is 132 cm³/mol. The number of nitrogens with zero attached hydrogens (tertiary/aromatic N) is 2. The monoisotopic (exact) mass is 486 g/mol. The number of amidine groups is 1. The maximum atomic E-state index is 14.0. The van der Waals surface area contributed by atoms with E-state index < -0.39 is 12.0 Å². The van der Waals surface area contributed by atoms with Gasteiger partial charge in [-0.05, 0) is 44.5 Å². The van der Waals surface area contributed by atoms with Crippen LogP contribution < -0.4 is 21.8 Å². The first-order valence-electron chi connectivity index (χ1n) is 10.2. The van der Waals surface area contributed by atoms with Crippen LogP contribution in [0, 0.1) is 19.3 Å². The van der Waals surface area contributed by atoms with Crippen LogP contribution in [0.4, 0.5) is 10.1 Å². The van der Waals surface area contributed by atoms with Gasteiger partial charge in [-0.1, -0.05) is 22.8 Å². The summed E-state index contributed by atoms with van der Waals surface area (Å²) in [4.78, 5) is 17.3. The van der Waals surface area contributed by atoms with Crippen molar-refractivity contribution < 1.29 is 14.0 Å². The number of fused-ring (bicyclic) bond motifs is 1. The first kappa shape index (κ1) is 24.7. The highest BCUT2D eigenvalue weighted by molar-refractivity contribution is 6.29. The van der Waals surface area contributed by atoms with Gasteiger partial charge in [0.05, 0.1) is 22.7 Å². The molecule has 1 aromatic carbocycles. The maximum Gasteiger partial charge on any atom is 0.218 e. The maximum absolute atomic E-state index is 14.0. The Morgan fingerprint density at radius 3 is 2.71 bits per heavy atom. The van der Waals surface area contributed by atoms with Crippen molar-refractivity contribution in [3.8, 4) is 0 Å². The third kappa shape index (κ3) is 4.72. The third-order valence-corrected chi connectivity index (χ3v) is 5.42. The number of aryl methyl sites for hydroxylation is 1. The molecule has 0 amide bonds. The second kappa shape index (κ2) is 9.92. The Morgan fingerprint density at radius 1 is 1.38 bits per heavy atom. The second-order valence-electron chi connectivity index (χ2n) is 7.66. The van der Waals surface area contributed by atoms with Crippen molar-refractivity contribution in [3.63, 3.8) is 0 Å². The van der Waals surface area contributed by atoms with Crippen LogP contribution in [0.3, 0.4) is 0 Å². The highest BCUT2D eigenvalue weighted by Crippen LogP contribution is 2.31. The fourth-order valence-corrected chi connectivity index (χ4v) is 3.77.